The van der Waals surface area contributed by atoms with Crippen molar-refractivity contribution in [3.05, 3.63) is 59.7 Å². The minimum atomic E-state index is -1.12. The Kier molecular flexibility index (Phi) is 6.24. The number of aliphatic hydroxyl groups excluding tert-OH is 1. The molecule has 0 aromatic heterocycles. The van der Waals surface area contributed by atoms with Crippen LogP contribution in [0.5, 0.6) is 0 Å². The molecule has 0 heterocycles. The molecule has 0 saturated carbocycles. The summed E-state index contributed by atoms with van der Waals surface area (Å²) in [5.74, 6) is -3.95. The van der Waals surface area contributed by atoms with E-state index in [0.717, 1.165) is 17.8 Å². The molecule has 0 aliphatic rings. The third kappa shape index (κ3) is 5.00. The van der Waals surface area contributed by atoms with Crippen LogP contribution in [-0.2, 0) is 9.59 Å². The first-order valence-corrected chi connectivity index (χ1v) is 7.77. The number of hydrogen-bond donors (Lipinski definition) is 3. The van der Waals surface area contributed by atoms with Crippen molar-refractivity contribution in [2.45, 2.75) is 6.10 Å². The molecule has 2 amide bonds. The van der Waals surface area contributed by atoms with Gasteiger partial charge in [0, 0.05) is 32.4 Å². The van der Waals surface area contributed by atoms with E-state index in [1.807, 2.05) is 36.4 Å². The zero-order valence-corrected chi connectivity index (χ0v) is 14.3. The molecule has 0 radical (unpaired) electrons. The van der Waals surface area contributed by atoms with E-state index in [-0.39, 0.29) is 12.2 Å². The molecule has 6 nitrogen and oxygen atoms in total. The first-order valence-electron chi connectivity index (χ1n) is 7.77. The molecule has 1 unspecified atom stereocenters. The normalized spacial score (nSPS) is 11.6. The van der Waals surface area contributed by atoms with Crippen LogP contribution < -0.4 is 15.5 Å². The summed E-state index contributed by atoms with van der Waals surface area (Å²) in [6.45, 7) is -0.195. The van der Waals surface area contributed by atoms with Gasteiger partial charge in [0.05, 0.1) is 11.8 Å². The lowest BCUT2D eigenvalue weighted by Crippen LogP contribution is -2.37. The van der Waals surface area contributed by atoms with Gasteiger partial charge in [-0.1, -0.05) is 12.1 Å². The molecule has 0 aliphatic carbocycles. The Labute approximate surface area is 149 Å². The van der Waals surface area contributed by atoms with Crippen LogP contribution in [0.2, 0.25) is 0 Å². The fourth-order valence-electron chi connectivity index (χ4n) is 2.15. The van der Waals surface area contributed by atoms with Crippen LogP contribution in [0.15, 0.2) is 42.5 Å². The quantitative estimate of drug-likeness (QED) is 0.708. The van der Waals surface area contributed by atoms with Gasteiger partial charge in [-0.3, -0.25) is 9.59 Å². The van der Waals surface area contributed by atoms with E-state index in [4.69, 9.17) is 0 Å². The largest absolute Gasteiger partial charge is 0.387 e. The molecule has 1 atom stereocenters. The third-order valence-electron chi connectivity index (χ3n) is 3.64. The molecule has 3 N–H and O–H groups in total. The molecule has 138 valence electrons. The number of nitrogens with one attached hydrogen (secondary N) is 2. The highest BCUT2D eigenvalue weighted by Crippen LogP contribution is 2.17. The summed E-state index contributed by atoms with van der Waals surface area (Å²) in [5.41, 5.74) is 1.21. The molecule has 0 spiro atoms. The van der Waals surface area contributed by atoms with E-state index < -0.39 is 29.6 Å². The van der Waals surface area contributed by atoms with Gasteiger partial charge in [-0.15, -0.1) is 0 Å². The number of carbonyl (C=O) groups excluding carboxylic acids is 2. The number of anilines is 2. The van der Waals surface area contributed by atoms with Crippen LogP contribution in [0.3, 0.4) is 0 Å². The van der Waals surface area contributed by atoms with Crippen molar-refractivity contribution in [2.75, 3.05) is 30.9 Å². The van der Waals surface area contributed by atoms with Crippen molar-refractivity contribution in [1.29, 1.82) is 0 Å². The Morgan fingerprint density at radius 1 is 1.08 bits per heavy atom. The molecule has 8 heteroatoms. The molecule has 2 aromatic carbocycles. The summed E-state index contributed by atoms with van der Waals surface area (Å²) in [6, 6.07) is 9.60. The molecular formula is C18H19F2N3O3. The number of benzene rings is 2. The second-order valence-electron chi connectivity index (χ2n) is 5.79. The fourth-order valence-corrected chi connectivity index (χ4v) is 2.15. The summed E-state index contributed by atoms with van der Waals surface area (Å²) in [7, 11) is 3.77. The standard InChI is InChI=1S/C18H19F2N3O3/c1-23(2)13-6-3-11(4-7-13)16(24)10-21-17(25)18(26)22-15-8-5-12(19)9-14(15)20/h3-9,16,24H,10H2,1-2H3,(H,21,25)(H,22,26). The van der Waals surface area contributed by atoms with Crippen molar-refractivity contribution in [2.24, 2.45) is 0 Å². The predicted octanol–water partition coefficient (Wildman–Crippen LogP) is 1.82. The second-order valence-corrected chi connectivity index (χ2v) is 5.79. The van der Waals surface area contributed by atoms with E-state index in [1.54, 1.807) is 12.1 Å². The Morgan fingerprint density at radius 3 is 2.31 bits per heavy atom. The number of rotatable bonds is 5. The van der Waals surface area contributed by atoms with Gasteiger partial charge in [0.1, 0.15) is 11.6 Å². The first-order chi connectivity index (χ1) is 12.3. The lowest BCUT2D eigenvalue weighted by atomic mass is 10.1. The van der Waals surface area contributed by atoms with Crippen LogP contribution in [0.25, 0.3) is 0 Å². The van der Waals surface area contributed by atoms with Gasteiger partial charge in [0.15, 0.2) is 0 Å². The van der Waals surface area contributed by atoms with Crippen LogP contribution in [0.4, 0.5) is 20.2 Å². The second kappa shape index (κ2) is 8.39. The number of halogens is 2. The van der Waals surface area contributed by atoms with Gasteiger partial charge in [0.2, 0.25) is 0 Å². The molecule has 0 bridgehead atoms. The van der Waals surface area contributed by atoms with Gasteiger partial charge >= 0.3 is 11.8 Å². The maximum atomic E-state index is 13.5. The Hall–Kier alpha value is -3.00. The van der Waals surface area contributed by atoms with E-state index >= 15 is 0 Å². The van der Waals surface area contributed by atoms with Gasteiger partial charge < -0.3 is 20.6 Å². The number of nitrogens with zero attached hydrogens (tertiary/aromatic N) is 1. The summed E-state index contributed by atoms with van der Waals surface area (Å²) in [6.07, 6.45) is -1.01. The summed E-state index contributed by atoms with van der Waals surface area (Å²) < 4.78 is 26.3. The Bertz CT molecular complexity index is 795. The highest BCUT2D eigenvalue weighted by Gasteiger charge is 2.17. The highest BCUT2D eigenvalue weighted by molar-refractivity contribution is 6.39. The minimum Gasteiger partial charge on any atom is -0.387 e. The fraction of sp³-hybridized carbons (Fsp3) is 0.222. The van der Waals surface area contributed by atoms with E-state index in [9.17, 15) is 23.5 Å². The molecule has 26 heavy (non-hydrogen) atoms. The van der Waals surface area contributed by atoms with E-state index in [1.165, 1.54) is 0 Å². The maximum absolute atomic E-state index is 13.5. The van der Waals surface area contributed by atoms with Crippen molar-refractivity contribution in [3.63, 3.8) is 0 Å². The lowest BCUT2D eigenvalue weighted by molar-refractivity contribution is -0.136. The summed E-state index contributed by atoms with van der Waals surface area (Å²) >= 11 is 0. The maximum Gasteiger partial charge on any atom is 0.313 e. The first kappa shape index (κ1) is 19.3. The molecule has 0 fully saturated rings. The predicted molar refractivity (Wildman–Crippen MR) is 93.7 cm³/mol. The number of carbonyl (C=O) groups is 2. The highest BCUT2D eigenvalue weighted by atomic mass is 19.1. The van der Waals surface area contributed by atoms with E-state index in [0.29, 0.717) is 11.6 Å². The molecule has 0 saturated heterocycles. The van der Waals surface area contributed by atoms with Crippen molar-refractivity contribution < 1.29 is 23.5 Å². The summed E-state index contributed by atoms with van der Waals surface area (Å²) in [4.78, 5) is 25.4. The van der Waals surface area contributed by atoms with Crippen LogP contribution in [0.1, 0.15) is 11.7 Å². The SMILES string of the molecule is CN(C)c1ccc(C(O)CNC(=O)C(=O)Nc2ccc(F)cc2F)cc1. The van der Waals surface area contributed by atoms with Crippen LogP contribution in [-0.4, -0.2) is 37.6 Å². The van der Waals surface area contributed by atoms with Crippen LogP contribution >= 0.6 is 0 Å². The monoisotopic (exact) mass is 363 g/mol. The Morgan fingerprint density at radius 2 is 1.73 bits per heavy atom. The molecule has 2 aromatic rings. The third-order valence-corrected chi connectivity index (χ3v) is 3.64. The molecular weight excluding hydrogens is 344 g/mol. The average molecular weight is 363 g/mol. The van der Waals surface area contributed by atoms with Crippen molar-refractivity contribution >= 4 is 23.2 Å². The minimum absolute atomic E-state index is 0.195. The topological polar surface area (TPSA) is 81.7 Å². The van der Waals surface area contributed by atoms with E-state index in [2.05, 4.69) is 5.32 Å². The number of amides is 2. The summed E-state index contributed by atoms with van der Waals surface area (Å²) in [5, 5.41) is 14.4. The zero-order chi connectivity index (χ0) is 19.3. The van der Waals surface area contributed by atoms with Gasteiger partial charge in [-0.2, -0.15) is 0 Å². The van der Waals surface area contributed by atoms with Gasteiger partial charge in [0.25, 0.3) is 0 Å². The Balaban J connectivity index is 1.89. The molecule has 2 rings (SSSR count). The van der Waals surface area contributed by atoms with Gasteiger partial charge in [-0.25, -0.2) is 8.78 Å². The average Bonchev–Trinajstić information content (AvgIpc) is 2.61. The van der Waals surface area contributed by atoms with Gasteiger partial charge in [-0.05, 0) is 29.8 Å². The number of hydrogen-bond acceptors (Lipinski definition) is 4. The van der Waals surface area contributed by atoms with Crippen molar-refractivity contribution in [1.82, 2.24) is 5.32 Å². The molecule has 0 aliphatic heterocycles. The lowest BCUT2D eigenvalue weighted by Gasteiger charge is -2.15. The van der Waals surface area contributed by atoms with Crippen LogP contribution in [0, 0.1) is 11.6 Å². The smallest absolute Gasteiger partial charge is 0.313 e. The van der Waals surface area contributed by atoms with Crippen molar-refractivity contribution in [3.8, 4) is 0 Å². The number of aliphatic hydroxyl groups is 1. The zero-order valence-electron chi connectivity index (χ0n) is 14.3.